The number of para-hydroxylation sites is 1. The zero-order valence-corrected chi connectivity index (χ0v) is 46.8. The van der Waals surface area contributed by atoms with Gasteiger partial charge in [-0.2, -0.15) is 6.07 Å². The molecule has 9 aromatic carbocycles. The predicted octanol–water partition coefficient (Wildman–Crippen LogP) is 18.6. The molecule has 4 nitrogen and oxygen atoms in total. The SMILES string of the molecule is Cc1cc(-c2ccccc2)cc(C)c1N1c2cc3c(C)c(C)c4ccccc4c3cc2[N-]C1c1[c-]cc(F)c2c1oc1ccccc12.[2H]C(C)(c1cc(-c2[c-]cccc2)ncc1[Si](C)(C)C)C(C)c1ccccc1.[Ir+3]. The molecule has 11 aromatic rings. The number of halogens is 1. The van der Waals surface area contributed by atoms with Crippen LogP contribution in [0.1, 0.15) is 72.1 Å². The van der Waals surface area contributed by atoms with Gasteiger partial charge in [-0.05, 0) is 147 Å². The van der Waals surface area contributed by atoms with Crippen molar-refractivity contribution in [2.24, 2.45) is 0 Å². The van der Waals surface area contributed by atoms with Crippen LogP contribution in [0, 0.1) is 45.6 Å². The zero-order chi connectivity index (χ0) is 51.6. The zero-order valence-electron chi connectivity index (χ0n) is 44.4. The van der Waals surface area contributed by atoms with E-state index in [1.165, 1.54) is 60.6 Å². The number of nitrogens with zero attached hydrogens (tertiary/aromatic N) is 3. The van der Waals surface area contributed by atoms with Gasteiger partial charge in [-0.1, -0.05) is 154 Å². The van der Waals surface area contributed by atoms with Crippen LogP contribution in [0.5, 0.6) is 0 Å². The van der Waals surface area contributed by atoms with Crippen LogP contribution in [0.2, 0.25) is 19.6 Å². The van der Waals surface area contributed by atoms with E-state index in [4.69, 9.17) is 14.7 Å². The number of furan rings is 1. The van der Waals surface area contributed by atoms with Crippen molar-refractivity contribution in [3.05, 3.63) is 238 Å². The number of pyridine rings is 1. The number of hydrogen-bond acceptors (Lipinski definition) is 3. The van der Waals surface area contributed by atoms with Gasteiger partial charge in [0.25, 0.3) is 0 Å². The van der Waals surface area contributed by atoms with Crippen LogP contribution in [0.3, 0.4) is 0 Å². The third-order valence-corrected chi connectivity index (χ3v) is 17.1. The normalized spacial score (nSPS) is 14.7. The summed E-state index contributed by atoms with van der Waals surface area (Å²) < 4.78 is 31.3. The minimum atomic E-state index is -1.65. The molecule has 0 radical (unpaired) electrons. The number of rotatable bonds is 8. The van der Waals surface area contributed by atoms with Crippen molar-refractivity contribution in [1.29, 1.82) is 0 Å². The molecule has 3 atom stereocenters. The molecule has 3 heterocycles. The number of aryl methyl sites for hydroxylation is 4. The summed E-state index contributed by atoms with van der Waals surface area (Å²) in [6.45, 7) is 19.9. The summed E-state index contributed by atoms with van der Waals surface area (Å²) in [4.78, 5) is 7.06. The molecule has 1 aliphatic rings. The summed E-state index contributed by atoms with van der Waals surface area (Å²) in [7, 11) is -1.65. The van der Waals surface area contributed by atoms with Gasteiger partial charge in [0.05, 0.1) is 8.07 Å². The molecule has 2 aromatic heterocycles. The molecule has 12 rings (SSSR count). The van der Waals surface area contributed by atoms with Crippen LogP contribution in [-0.2, 0) is 20.1 Å². The minimum Gasteiger partial charge on any atom is -0.661 e. The van der Waals surface area contributed by atoms with Gasteiger partial charge >= 0.3 is 20.1 Å². The second-order valence-electron chi connectivity index (χ2n) is 20.7. The van der Waals surface area contributed by atoms with Crippen molar-refractivity contribution >= 4 is 73.8 Å². The van der Waals surface area contributed by atoms with Crippen molar-refractivity contribution in [2.45, 2.75) is 79.2 Å². The van der Waals surface area contributed by atoms with Crippen LogP contribution >= 0.6 is 0 Å². The standard InChI is InChI=1S/C43H31FN2O.C24H28NSi.Ir/c1-24-20-29(28-12-6-5-7-13-28)21-25(2)41(24)46-38-23-34-27(4)26(3)30-14-8-9-15-31(30)35(34)22-37(38)45-43(46)33-18-19-36(44)40-32-16-10-11-17-39(32)47-42(33)40;1-18(20-12-8-6-9-13-20)19(2)22-16-23(21-14-10-7-11-15-21)25-17-24(22)26(3,4)5;/h5-17,19-23,43H,1-4H3;6-14,16-19H,1-5H3;/q-2;-1;+3/i;19D;. The summed E-state index contributed by atoms with van der Waals surface area (Å²) in [5.41, 5.74) is 16.1. The molecule has 0 saturated heterocycles. The second-order valence-corrected chi connectivity index (χ2v) is 25.7. The average molecular weight is 1160 g/mol. The average Bonchev–Trinajstić information content (AvgIpc) is 3.99. The molecule has 3 unspecified atom stereocenters. The van der Waals surface area contributed by atoms with Crippen LogP contribution < -0.4 is 10.1 Å². The van der Waals surface area contributed by atoms with Gasteiger partial charge in [0.15, 0.2) is 0 Å². The predicted molar refractivity (Wildman–Crippen MR) is 307 cm³/mol. The van der Waals surface area contributed by atoms with Gasteiger partial charge < -0.3 is 19.6 Å². The molecule has 0 bridgehead atoms. The number of hydrogen-bond donors (Lipinski definition) is 0. The van der Waals surface area contributed by atoms with Crippen molar-refractivity contribution in [1.82, 2.24) is 4.98 Å². The summed E-state index contributed by atoms with van der Waals surface area (Å²) in [6.07, 6.45) is 1.50. The Kier molecular flexibility index (Phi) is 13.5. The first-order valence-corrected chi connectivity index (χ1v) is 28.8. The van der Waals surface area contributed by atoms with Gasteiger partial charge in [-0.3, -0.25) is 4.39 Å². The van der Waals surface area contributed by atoms with Gasteiger partial charge in [-0.15, -0.1) is 53.2 Å². The van der Waals surface area contributed by atoms with Crippen LogP contribution in [0.15, 0.2) is 180 Å². The first-order chi connectivity index (χ1) is 35.6. The van der Waals surface area contributed by atoms with Crippen LogP contribution in [0.4, 0.5) is 21.5 Å². The topological polar surface area (TPSA) is 43.4 Å². The maximum atomic E-state index is 15.5. The molecule has 0 amide bonds. The van der Waals surface area contributed by atoms with E-state index in [0.29, 0.717) is 22.1 Å². The molecule has 74 heavy (non-hydrogen) atoms. The van der Waals surface area contributed by atoms with Crippen LogP contribution in [-0.4, -0.2) is 13.1 Å². The van der Waals surface area contributed by atoms with E-state index in [2.05, 4.69) is 174 Å². The van der Waals surface area contributed by atoms with E-state index in [1.54, 1.807) is 0 Å². The second kappa shape index (κ2) is 20.3. The van der Waals surface area contributed by atoms with Gasteiger partial charge in [0.2, 0.25) is 0 Å². The number of benzene rings is 9. The molecule has 7 heteroatoms. The van der Waals surface area contributed by atoms with Gasteiger partial charge in [0.1, 0.15) is 5.58 Å². The Morgan fingerprint density at radius 3 is 2.01 bits per heavy atom. The smallest absolute Gasteiger partial charge is 0.661 e. The van der Waals surface area contributed by atoms with Crippen molar-refractivity contribution < 1.29 is 30.3 Å². The summed E-state index contributed by atoms with van der Waals surface area (Å²) in [5.74, 6) is -1.02. The summed E-state index contributed by atoms with van der Waals surface area (Å²) >= 11 is 0. The Hall–Kier alpha value is -7.15. The first-order valence-electron chi connectivity index (χ1n) is 25.8. The van der Waals surface area contributed by atoms with E-state index >= 15 is 4.39 Å². The molecule has 0 fully saturated rings. The third-order valence-electron chi connectivity index (χ3n) is 15.1. The quantitative estimate of drug-likeness (QED) is 0.0865. The number of fused-ring (bicyclic) bond motifs is 7. The molecule has 0 N–H and O–H groups in total. The van der Waals surface area contributed by atoms with Gasteiger partial charge in [-0.25, -0.2) is 0 Å². The summed E-state index contributed by atoms with van der Waals surface area (Å²) in [6, 6.07) is 64.1. The van der Waals surface area contributed by atoms with Crippen molar-refractivity contribution in [3.63, 3.8) is 0 Å². The fourth-order valence-electron chi connectivity index (χ4n) is 11.0. The molecule has 0 aliphatic carbocycles. The third kappa shape index (κ3) is 9.06. The van der Waals surface area contributed by atoms with Gasteiger partial charge in [0, 0.05) is 35.7 Å². The summed E-state index contributed by atoms with van der Waals surface area (Å²) in [5, 5.41) is 12.7. The monoisotopic (exact) mass is 1160 g/mol. The molecular weight excluding hydrogens is 1100 g/mol. The molecule has 368 valence electrons. The fraction of sp³-hybridized carbons (Fsp3) is 0.179. The minimum absolute atomic E-state index is 0. The maximum absolute atomic E-state index is 15.5. The first kappa shape index (κ1) is 49.1. The Morgan fingerprint density at radius 2 is 1.32 bits per heavy atom. The number of aromatic nitrogens is 1. The number of anilines is 2. The Balaban J connectivity index is 0.000000196. The van der Waals surface area contributed by atoms with E-state index < -0.39 is 20.1 Å². The van der Waals surface area contributed by atoms with E-state index in [9.17, 15) is 1.37 Å². The fourth-order valence-corrected chi connectivity index (χ4v) is 12.5. The largest absolute Gasteiger partial charge is 3.00 e. The van der Waals surface area contributed by atoms with E-state index in [0.717, 1.165) is 50.4 Å². The maximum Gasteiger partial charge on any atom is 3.00 e. The van der Waals surface area contributed by atoms with E-state index in [1.807, 2.05) is 73.8 Å². The van der Waals surface area contributed by atoms with Crippen LogP contribution in [0.25, 0.3) is 71.2 Å². The van der Waals surface area contributed by atoms with Crippen molar-refractivity contribution in [3.8, 4) is 22.4 Å². The molecule has 0 saturated carbocycles. The Morgan fingerprint density at radius 1 is 0.689 bits per heavy atom. The molecular formula is C67H59FIrN3OSi. The Labute approximate surface area is 451 Å². The Bertz CT molecular complexity index is 3910. The molecule has 0 spiro atoms. The molecule has 1 aliphatic heterocycles. The van der Waals surface area contributed by atoms with E-state index in [-0.39, 0.29) is 31.8 Å². The van der Waals surface area contributed by atoms with Crippen molar-refractivity contribution in [2.75, 3.05) is 4.90 Å².